The van der Waals surface area contributed by atoms with Gasteiger partial charge in [0.2, 0.25) is 11.8 Å². The smallest absolute Gasteiger partial charge is 0.251 e. The van der Waals surface area contributed by atoms with Gasteiger partial charge in [0, 0.05) is 37.1 Å². The average Bonchev–Trinajstić information content (AvgIpc) is 2.50. The molecule has 0 aromatic heterocycles. The highest BCUT2D eigenvalue weighted by molar-refractivity contribution is 6.19. The Morgan fingerprint density at radius 2 is 1.78 bits per heavy atom. The van der Waals surface area contributed by atoms with Crippen LogP contribution in [0.3, 0.4) is 0 Å². The van der Waals surface area contributed by atoms with Gasteiger partial charge in [0.15, 0.2) is 0 Å². The van der Waals surface area contributed by atoms with E-state index >= 15 is 0 Å². The van der Waals surface area contributed by atoms with E-state index in [1.54, 1.807) is 38.1 Å². The first-order valence-corrected chi connectivity index (χ1v) is 7.80. The third-order valence-electron chi connectivity index (χ3n) is 3.09. The minimum Gasteiger partial charge on any atom is -0.354 e. The molecule has 0 saturated heterocycles. The van der Waals surface area contributed by atoms with Crippen LogP contribution in [0.15, 0.2) is 24.3 Å². The second kappa shape index (κ2) is 8.53. The second-order valence-electron chi connectivity index (χ2n) is 5.79. The number of carbonyl (C=O) groups is 3. The monoisotopic (exact) mass is 339 g/mol. The van der Waals surface area contributed by atoms with Crippen LogP contribution < -0.4 is 16.0 Å². The molecule has 6 nitrogen and oxygen atoms in total. The Labute approximate surface area is 141 Å². The lowest BCUT2D eigenvalue weighted by Gasteiger charge is -2.20. The van der Waals surface area contributed by atoms with Crippen molar-refractivity contribution in [1.29, 1.82) is 0 Å². The van der Waals surface area contributed by atoms with E-state index < -0.39 is 5.41 Å². The summed E-state index contributed by atoms with van der Waals surface area (Å²) in [5.41, 5.74) is 0.351. The highest BCUT2D eigenvalue weighted by Crippen LogP contribution is 2.16. The van der Waals surface area contributed by atoms with Crippen molar-refractivity contribution < 1.29 is 14.4 Å². The van der Waals surface area contributed by atoms with Crippen LogP contribution in [-0.4, -0.2) is 36.7 Å². The Morgan fingerprint density at radius 1 is 1.13 bits per heavy atom. The summed E-state index contributed by atoms with van der Waals surface area (Å²) >= 11 is 5.72. The average molecular weight is 340 g/mol. The Hall–Kier alpha value is -2.08. The highest BCUT2D eigenvalue weighted by Gasteiger charge is 2.25. The maximum Gasteiger partial charge on any atom is 0.251 e. The van der Waals surface area contributed by atoms with Gasteiger partial charge < -0.3 is 16.0 Å². The number of amides is 3. The molecule has 1 aromatic carbocycles. The Bertz CT molecular complexity index is 588. The third kappa shape index (κ3) is 6.28. The fourth-order valence-electron chi connectivity index (χ4n) is 1.70. The van der Waals surface area contributed by atoms with Crippen molar-refractivity contribution in [3.63, 3.8) is 0 Å². The summed E-state index contributed by atoms with van der Waals surface area (Å²) in [6.07, 6.45) is 0. The van der Waals surface area contributed by atoms with Gasteiger partial charge in [-0.2, -0.15) is 0 Å². The molecule has 3 amide bonds. The molecule has 0 unspecified atom stereocenters. The molecule has 0 saturated carbocycles. The molecule has 126 valence electrons. The predicted molar refractivity (Wildman–Crippen MR) is 90.6 cm³/mol. The summed E-state index contributed by atoms with van der Waals surface area (Å²) in [7, 11) is 0. The maximum atomic E-state index is 12.0. The van der Waals surface area contributed by atoms with Crippen LogP contribution >= 0.6 is 11.6 Å². The summed E-state index contributed by atoms with van der Waals surface area (Å²) in [5.74, 6) is -0.411. The van der Waals surface area contributed by atoms with Crippen molar-refractivity contribution in [3.8, 4) is 0 Å². The quantitative estimate of drug-likeness (QED) is 0.522. The van der Waals surface area contributed by atoms with Crippen molar-refractivity contribution >= 4 is 35.0 Å². The zero-order valence-electron chi connectivity index (χ0n) is 13.5. The van der Waals surface area contributed by atoms with E-state index in [2.05, 4.69) is 16.0 Å². The van der Waals surface area contributed by atoms with E-state index in [4.69, 9.17) is 11.6 Å². The molecule has 0 spiro atoms. The molecular weight excluding hydrogens is 318 g/mol. The zero-order chi connectivity index (χ0) is 17.5. The van der Waals surface area contributed by atoms with Crippen molar-refractivity contribution in [2.45, 2.75) is 20.8 Å². The summed E-state index contributed by atoms with van der Waals surface area (Å²) in [6, 6.07) is 6.62. The van der Waals surface area contributed by atoms with E-state index in [1.807, 2.05) is 0 Å². The standard InChI is InChI=1S/C16H22ClN3O3/c1-11(21)20-13-6-4-5-12(9-13)14(22)18-7-8-19-15(23)16(2,3)10-17/h4-6,9H,7-8,10H2,1-3H3,(H,18,22)(H,19,23)(H,20,21). The highest BCUT2D eigenvalue weighted by atomic mass is 35.5. The molecule has 0 radical (unpaired) electrons. The first kappa shape index (κ1) is 19.0. The number of halogens is 1. The number of hydrogen-bond acceptors (Lipinski definition) is 3. The lowest BCUT2D eigenvalue weighted by atomic mass is 9.95. The van der Waals surface area contributed by atoms with Gasteiger partial charge in [0.1, 0.15) is 0 Å². The van der Waals surface area contributed by atoms with Crippen molar-refractivity contribution in [2.75, 3.05) is 24.3 Å². The van der Waals surface area contributed by atoms with Crippen LogP contribution in [0.1, 0.15) is 31.1 Å². The van der Waals surface area contributed by atoms with Gasteiger partial charge in [0.25, 0.3) is 5.91 Å². The number of alkyl halides is 1. The van der Waals surface area contributed by atoms with Crippen LogP contribution in [0.25, 0.3) is 0 Å². The Kier molecular flexibility index (Phi) is 7.03. The largest absolute Gasteiger partial charge is 0.354 e. The molecule has 0 aliphatic heterocycles. The van der Waals surface area contributed by atoms with Crippen LogP contribution in [0, 0.1) is 5.41 Å². The molecule has 0 heterocycles. The molecule has 7 heteroatoms. The minimum atomic E-state index is -0.641. The number of hydrogen-bond donors (Lipinski definition) is 3. The van der Waals surface area contributed by atoms with Gasteiger partial charge in [-0.1, -0.05) is 6.07 Å². The molecule has 0 bridgehead atoms. The Balaban J connectivity index is 2.45. The Morgan fingerprint density at radius 3 is 2.39 bits per heavy atom. The number of benzene rings is 1. The lowest BCUT2D eigenvalue weighted by molar-refractivity contribution is -0.128. The predicted octanol–water partition coefficient (Wildman–Crippen LogP) is 1.76. The fraction of sp³-hybridized carbons (Fsp3) is 0.438. The minimum absolute atomic E-state index is 0.158. The van der Waals surface area contributed by atoms with Crippen LogP contribution in [0.5, 0.6) is 0 Å². The normalized spacial score (nSPS) is 10.8. The van der Waals surface area contributed by atoms with E-state index in [0.29, 0.717) is 24.3 Å². The third-order valence-corrected chi connectivity index (χ3v) is 3.76. The molecule has 0 atom stereocenters. The summed E-state index contributed by atoms with van der Waals surface area (Å²) in [5, 5.41) is 8.04. The van der Waals surface area contributed by atoms with Gasteiger partial charge in [0.05, 0.1) is 5.41 Å². The van der Waals surface area contributed by atoms with Gasteiger partial charge in [-0.25, -0.2) is 0 Å². The van der Waals surface area contributed by atoms with E-state index in [0.717, 1.165) is 0 Å². The molecule has 23 heavy (non-hydrogen) atoms. The van der Waals surface area contributed by atoms with Gasteiger partial charge in [-0.3, -0.25) is 14.4 Å². The zero-order valence-corrected chi connectivity index (χ0v) is 14.3. The summed E-state index contributed by atoms with van der Waals surface area (Å²) < 4.78 is 0. The van der Waals surface area contributed by atoms with Gasteiger partial charge >= 0.3 is 0 Å². The van der Waals surface area contributed by atoms with E-state index in [9.17, 15) is 14.4 Å². The lowest BCUT2D eigenvalue weighted by Crippen LogP contribution is -2.41. The van der Waals surface area contributed by atoms with E-state index in [-0.39, 0.29) is 23.6 Å². The molecule has 0 aliphatic rings. The molecule has 1 rings (SSSR count). The van der Waals surface area contributed by atoms with Gasteiger partial charge in [-0.05, 0) is 32.0 Å². The molecular formula is C16H22ClN3O3. The molecule has 0 fully saturated rings. The van der Waals surface area contributed by atoms with Crippen molar-refractivity contribution in [1.82, 2.24) is 10.6 Å². The summed E-state index contributed by atoms with van der Waals surface area (Å²) in [6.45, 7) is 5.52. The van der Waals surface area contributed by atoms with Crippen LogP contribution in [0.2, 0.25) is 0 Å². The first-order valence-electron chi connectivity index (χ1n) is 7.26. The SMILES string of the molecule is CC(=O)Nc1cccc(C(=O)NCCNC(=O)C(C)(C)CCl)c1. The second-order valence-corrected chi connectivity index (χ2v) is 6.06. The fourth-order valence-corrected chi connectivity index (χ4v) is 1.82. The molecule has 0 aliphatic carbocycles. The number of anilines is 1. The summed E-state index contributed by atoms with van der Waals surface area (Å²) in [4.78, 5) is 34.8. The number of nitrogens with one attached hydrogen (secondary N) is 3. The van der Waals surface area contributed by atoms with E-state index in [1.165, 1.54) is 6.92 Å². The molecule has 3 N–H and O–H groups in total. The van der Waals surface area contributed by atoms with Crippen molar-refractivity contribution in [2.24, 2.45) is 5.41 Å². The van der Waals surface area contributed by atoms with Crippen LogP contribution in [0.4, 0.5) is 5.69 Å². The maximum absolute atomic E-state index is 12.0. The number of rotatable bonds is 7. The van der Waals surface area contributed by atoms with Crippen LogP contribution in [-0.2, 0) is 9.59 Å². The number of carbonyl (C=O) groups excluding carboxylic acids is 3. The van der Waals surface area contributed by atoms with Crippen molar-refractivity contribution in [3.05, 3.63) is 29.8 Å². The first-order chi connectivity index (χ1) is 10.8. The molecule has 1 aromatic rings. The van der Waals surface area contributed by atoms with Gasteiger partial charge in [-0.15, -0.1) is 11.6 Å². The topological polar surface area (TPSA) is 87.3 Å².